The van der Waals surface area contributed by atoms with E-state index in [9.17, 15) is 0 Å². The van der Waals surface area contributed by atoms with E-state index in [4.69, 9.17) is 19.7 Å². The minimum Gasteiger partial charge on any atom is -0.370 e. The van der Waals surface area contributed by atoms with Crippen LogP contribution in [-0.4, -0.2) is 26.6 Å². The summed E-state index contributed by atoms with van der Waals surface area (Å²) in [6.07, 6.45) is 2.91. The molecule has 0 radical (unpaired) electrons. The Balaban J connectivity index is 1.47. The average molecular weight is 433 g/mol. The van der Waals surface area contributed by atoms with Gasteiger partial charge in [0.15, 0.2) is 0 Å². The number of benzene rings is 1. The van der Waals surface area contributed by atoms with Crippen molar-refractivity contribution in [1.82, 2.24) is 15.0 Å². The molecule has 0 aliphatic carbocycles. The molecule has 1 N–H and O–H groups in total. The van der Waals surface area contributed by atoms with Crippen molar-refractivity contribution < 1.29 is 4.74 Å². The maximum absolute atomic E-state index is 6.01. The molecule has 5 rings (SSSR count). The fraction of sp³-hybridized carbons (Fsp3) is 0.400. The number of hydrogen-bond donors (Lipinski definition) is 1. The molecule has 160 valence electrons. The van der Waals surface area contributed by atoms with Gasteiger partial charge in [0.25, 0.3) is 0 Å². The molecule has 5 nitrogen and oxygen atoms in total. The van der Waals surface area contributed by atoms with Gasteiger partial charge in [0, 0.05) is 23.4 Å². The van der Waals surface area contributed by atoms with Gasteiger partial charge >= 0.3 is 0 Å². The lowest BCUT2D eigenvalue weighted by molar-refractivity contribution is -0.0411. The number of rotatable bonds is 5. The molecule has 6 heteroatoms. The Kier molecular flexibility index (Phi) is 5.15. The van der Waals surface area contributed by atoms with Crippen LogP contribution in [0.4, 0.5) is 5.82 Å². The molecule has 0 amide bonds. The fourth-order valence-electron chi connectivity index (χ4n) is 4.20. The summed E-state index contributed by atoms with van der Waals surface area (Å²) >= 11 is 1.69. The minimum atomic E-state index is -0.165. The highest BCUT2D eigenvalue weighted by Gasteiger charge is 2.28. The summed E-state index contributed by atoms with van der Waals surface area (Å²) in [4.78, 5) is 15.6. The Bertz CT molecular complexity index is 1250. The van der Waals surface area contributed by atoms with E-state index in [0.717, 1.165) is 57.0 Å². The Hall–Kier alpha value is -2.57. The molecule has 1 aliphatic heterocycles. The van der Waals surface area contributed by atoms with Crippen molar-refractivity contribution in [2.75, 3.05) is 5.32 Å². The summed E-state index contributed by atoms with van der Waals surface area (Å²) in [6, 6.07) is 13.2. The topological polar surface area (TPSA) is 59.9 Å². The Morgan fingerprint density at radius 3 is 2.77 bits per heavy atom. The second-order valence-corrected chi connectivity index (χ2v) is 10.1. The van der Waals surface area contributed by atoms with Gasteiger partial charge in [-0.25, -0.2) is 15.0 Å². The molecule has 0 spiro atoms. The van der Waals surface area contributed by atoms with Crippen molar-refractivity contribution in [2.45, 2.75) is 65.2 Å². The van der Waals surface area contributed by atoms with Crippen LogP contribution in [0.5, 0.6) is 0 Å². The molecule has 0 saturated carbocycles. The highest BCUT2D eigenvalue weighted by Crippen LogP contribution is 2.38. The Morgan fingerprint density at radius 2 is 1.97 bits per heavy atom. The summed E-state index contributed by atoms with van der Waals surface area (Å²) in [7, 11) is 0. The number of pyridine rings is 1. The molecular formula is C25H28N4OS. The largest absolute Gasteiger partial charge is 0.370 e. The first-order valence-electron chi connectivity index (χ1n) is 10.9. The number of aryl methyl sites for hydroxylation is 2. The van der Waals surface area contributed by atoms with Gasteiger partial charge in [-0.2, -0.15) is 0 Å². The second kappa shape index (κ2) is 7.84. The van der Waals surface area contributed by atoms with E-state index < -0.39 is 0 Å². The highest BCUT2D eigenvalue weighted by atomic mass is 32.1. The standard InChI is InChI=1S/C25H28N4OS/c1-15(10-11-17-8-6-5-7-9-17)26-23-22-21(27-16(2)28-23)19-12-18-14-30-25(3,4)13-20(18)29-24(19)31-22/h5-9,12,15H,10-11,13-14H2,1-4H3,(H,26,27,28)/t15-/m0/s1. The van der Waals surface area contributed by atoms with Crippen molar-refractivity contribution in [1.29, 1.82) is 0 Å². The van der Waals surface area contributed by atoms with Gasteiger partial charge in [0.05, 0.1) is 28.1 Å². The molecule has 0 saturated heterocycles. The lowest BCUT2D eigenvalue weighted by Gasteiger charge is -2.30. The number of anilines is 1. The van der Waals surface area contributed by atoms with E-state index in [0.29, 0.717) is 12.6 Å². The van der Waals surface area contributed by atoms with E-state index in [1.807, 2.05) is 6.92 Å². The van der Waals surface area contributed by atoms with Crippen LogP contribution in [0.25, 0.3) is 20.4 Å². The maximum atomic E-state index is 6.01. The first-order chi connectivity index (χ1) is 14.9. The van der Waals surface area contributed by atoms with E-state index >= 15 is 0 Å². The molecule has 1 aliphatic rings. The zero-order chi connectivity index (χ0) is 21.6. The minimum absolute atomic E-state index is 0.165. The number of ether oxygens (including phenoxy) is 1. The van der Waals surface area contributed by atoms with Crippen molar-refractivity contribution >= 4 is 37.6 Å². The summed E-state index contributed by atoms with van der Waals surface area (Å²) in [5.74, 6) is 1.70. The quantitative estimate of drug-likeness (QED) is 0.430. The van der Waals surface area contributed by atoms with Gasteiger partial charge in [-0.1, -0.05) is 30.3 Å². The monoisotopic (exact) mass is 432 g/mol. The number of nitrogens with one attached hydrogen (secondary N) is 1. The Labute approximate surface area is 186 Å². The van der Waals surface area contributed by atoms with Crippen LogP contribution in [0.2, 0.25) is 0 Å². The average Bonchev–Trinajstić information content (AvgIpc) is 3.08. The van der Waals surface area contributed by atoms with Crippen LogP contribution >= 0.6 is 11.3 Å². The zero-order valence-corrected chi connectivity index (χ0v) is 19.3. The predicted molar refractivity (Wildman–Crippen MR) is 128 cm³/mol. The van der Waals surface area contributed by atoms with Crippen molar-refractivity contribution in [2.24, 2.45) is 0 Å². The van der Waals surface area contributed by atoms with Gasteiger partial charge in [-0.15, -0.1) is 11.3 Å². The van der Waals surface area contributed by atoms with Gasteiger partial charge in [0.2, 0.25) is 0 Å². The van der Waals surface area contributed by atoms with Gasteiger partial charge in [-0.3, -0.25) is 0 Å². The second-order valence-electron chi connectivity index (χ2n) is 9.14. The lowest BCUT2D eigenvalue weighted by Crippen LogP contribution is -2.32. The molecule has 31 heavy (non-hydrogen) atoms. The normalized spacial score (nSPS) is 16.4. The number of aromatic nitrogens is 3. The highest BCUT2D eigenvalue weighted by molar-refractivity contribution is 7.25. The maximum Gasteiger partial charge on any atom is 0.148 e. The summed E-state index contributed by atoms with van der Waals surface area (Å²) in [5.41, 5.74) is 4.51. The molecule has 4 heterocycles. The van der Waals surface area contributed by atoms with Crippen LogP contribution in [0, 0.1) is 6.92 Å². The third kappa shape index (κ3) is 4.14. The van der Waals surface area contributed by atoms with E-state index in [2.05, 4.69) is 62.5 Å². The van der Waals surface area contributed by atoms with Crippen LogP contribution in [-0.2, 0) is 24.2 Å². The summed E-state index contributed by atoms with van der Waals surface area (Å²) in [6.45, 7) is 9.03. The SMILES string of the molecule is Cc1nc(N[C@@H](C)CCc2ccccc2)c2sc3nc4c(cc3c2n1)COC(C)(C)C4. The smallest absolute Gasteiger partial charge is 0.148 e. The van der Waals surface area contributed by atoms with Crippen LogP contribution in [0.1, 0.15) is 49.8 Å². The van der Waals surface area contributed by atoms with Gasteiger partial charge < -0.3 is 10.1 Å². The lowest BCUT2D eigenvalue weighted by atomic mass is 9.95. The number of thiophene rings is 1. The van der Waals surface area contributed by atoms with Crippen molar-refractivity contribution in [3.63, 3.8) is 0 Å². The van der Waals surface area contributed by atoms with E-state index in [-0.39, 0.29) is 5.60 Å². The van der Waals surface area contributed by atoms with Crippen LogP contribution in [0.3, 0.4) is 0 Å². The van der Waals surface area contributed by atoms with Crippen LogP contribution < -0.4 is 5.32 Å². The zero-order valence-electron chi connectivity index (χ0n) is 18.5. The predicted octanol–water partition coefficient (Wildman–Crippen LogP) is 5.83. The number of hydrogen-bond acceptors (Lipinski definition) is 6. The van der Waals surface area contributed by atoms with E-state index in [1.54, 1.807) is 11.3 Å². The van der Waals surface area contributed by atoms with Crippen molar-refractivity contribution in [3.05, 3.63) is 59.0 Å². The van der Waals surface area contributed by atoms with Crippen molar-refractivity contribution in [3.8, 4) is 0 Å². The molecule has 1 atom stereocenters. The molecule has 0 bridgehead atoms. The molecule has 0 fully saturated rings. The molecule has 3 aromatic heterocycles. The molecule has 4 aromatic rings. The van der Waals surface area contributed by atoms with Gasteiger partial charge in [0.1, 0.15) is 16.5 Å². The summed E-state index contributed by atoms with van der Waals surface area (Å²) in [5, 5.41) is 4.75. The Morgan fingerprint density at radius 1 is 1.16 bits per heavy atom. The first-order valence-corrected chi connectivity index (χ1v) is 11.7. The number of fused-ring (bicyclic) bond motifs is 4. The molecular weight excluding hydrogens is 404 g/mol. The third-order valence-electron chi connectivity index (χ3n) is 5.89. The van der Waals surface area contributed by atoms with Crippen LogP contribution in [0.15, 0.2) is 36.4 Å². The molecule has 0 unspecified atom stereocenters. The first kappa shape index (κ1) is 20.3. The molecule has 1 aromatic carbocycles. The van der Waals surface area contributed by atoms with Gasteiger partial charge in [-0.05, 0) is 52.2 Å². The van der Waals surface area contributed by atoms with E-state index in [1.165, 1.54) is 11.1 Å². The number of nitrogens with zero attached hydrogens (tertiary/aromatic N) is 3. The summed E-state index contributed by atoms with van der Waals surface area (Å²) < 4.78 is 7.10. The fourth-order valence-corrected chi connectivity index (χ4v) is 5.26. The third-order valence-corrected chi connectivity index (χ3v) is 6.99.